The van der Waals surface area contributed by atoms with Gasteiger partial charge in [-0.25, -0.2) is 0 Å². The number of allylic oxidation sites excluding steroid dienone is 1. The number of aliphatic hydroxyl groups excluding tert-OH is 1. The largest absolute Gasteiger partial charge is 0.505 e. The van der Waals surface area contributed by atoms with Crippen molar-refractivity contribution in [2.24, 2.45) is 0 Å². The minimum Gasteiger partial charge on any atom is -0.505 e. The summed E-state index contributed by atoms with van der Waals surface area (Å²) >= 11 is 0. The van der Waals surface area contributed by atoms with Crippen molar-refractivity contribution in [1.82, 2.24) is 5.32 Å². The fourth-order valence-corrected chi connectivity index (χ4v) is 3.36. The number of carbonyl (C=O) groups excluding carboxylic acids is 2. The van der Waals surface area contributed by atoms with E-state index in [1.165, 1.54) is 51.4 Å². The second-order valence-corrected chi connectivity index (χ2v) is 7.04. The van der Waals surface area contributed by atoms with E-state index in [1.54, 1.807) is 24.3 Å². The van der Waals surface area contributed by atoms with Crippen molar-refractivity contribution in [1.29, 1.82) is 0 Å². The molecule has 0 spiro atoms. The van der Waals surface area contributed by atoms with Crippen LogP contribution < -0.4 is 5.32 Å². The monoisotopic (exact) mass is 357 g/mol. The van der Waals surface area contributed by atoms with Gasteiger partial charge in [0.1, 0.15) is 5.70 Å². The van der Waals surface area contributed by atoms with Crippen molar-refractivity contribution >= 4 is 17.3 Å². The first-order valence-corrected chi connectivity index (χ1v) is 10.0. The van der Waals surface area contributed by atoms with Crippen LogP contribution in [0.1, 0.15) is 87.1 Å². The summed E-state index contributed by atoms with van der Waals surface area (Å²) in [5, 5.41) is 13.3. The summed E-state index contributed by atoms with van der Waals surface area (Å²) in [6, 6.07) is 6.68. The van der Waals surface area contributed by atoms with Crippen LogP contribution >= 0.6 is 0 Å². The lowest BCUT2D eigenvalue weighted by molar-refractivity contribution is -0.112. The number of rotatable bonds is 12. The Morgan fingerprint density at radius 2 is 1.31 bits per heavy atom. The molecule has 0 atom stereocenters. The lowest BCUT2D eigenvalue weighted by Crippen LogP contribution is -2.32. The Morgan fingerprint density at radius 3 is 1.92 bits per heavy atom. The minimum atomic E-state index is -0.645. The highest BCUT2D eigenvalue weighted by Crippen LogP contribution is 2.26. The van der Waals surface area contributed by atoms with Crippen LogP contribution in [0.2, 0.25) is 0 Å². The van der Waals surface area contributed by atoms with Gasteiger partial charge in [0, 0.05) is 17.7 Å². The molecular weight excluding hydrogens is 326 g/mol. The fourth-order valence-electron chi connectivity index (χ4n) is 3.36. The van der Waals surface area contributed by atoms with E-state index in [2.05, 4.69) is 12.2 Å². The van der Waals surface area contributed by atoms with Gasteiger partial charge < -0.3 is 10.4 Å². The van der Waals surface area contributed by atoms with Crippen LogP contribution in [0.5, 0.6) is 0 Å². The molecule has 26 heavy (non-hydrogen) atoms. The quantitative estimate of drug-likeness (QED) is 0.399. The van der Waals surface area contributed by atoms with Gasteiger partial charge in [-0.05, 0) is 6.42 Å². The van der Waals surface area contributed by atoms with E-state index in [4.69, 9.17) is 0 Å². The van der Waals surface area contributed by atoms with E-state index in [-0.39, 0.29) is 17.0 Å². The number of Topliss-reactive ketones (excluding diaryl/α,β-unsaturated/α-hetero) is 2. The van der Waals surface area contributed by atoms with Gasteiger partial charge in [-0.3, -0.25) is 9.59 Å². The predicted octanol–water partition coefficient (Wildman–Crippen LogP) is 5.19. The van der Waals surface area contributed by atoms with Gasteiger partial charge in [-0.15, -0.1) is 0 Å². The van der Waals surface area contributed by atoms with E-state index in [1.807, 2.05) is 0 Å². The highest BCUT2D eigenvalue weighted by molar-refractivity contribution is 6.52. The van der Waals surface area contributed by atoms with E-state index < -0.39 is 11.6 Å². The molecule has 0 fully saturated rings. The Hall–Kier alpha value is -2.10. The van der Waals surface area contributed by atoms with E-state index >= 15 is 0 Å². The third-order valence-electron chi connectivity index (χ3n) is 4.93. The van der Waals surface area contributed by atoms with E-state index in [9.17, 15) is 14.7 Å². The zero-order valence-corrected chi connectivity index (χ0v) is 15.9. The van der Waals surface area contributed by atoms with Gasteiger partial charge in [0.2, 0.25) is 5.78 Å². The van der Waals surface area contributed by atoms with Crippen molar-refractivity contribution in [3.05, 3.63) is 41.1 Å². The van der Waals surface area contributed by atoms with Crippen LogP contribution in [0.25, 0.3) is 5.76 Å². The number of benzene rings is 1. The number of nitrogens with one attached hydrogen (secondary N) is 1. The number of aliphatic hydroxyl groups is 1. The molecule has 1 aromatic carbocycles. The number of hydrogen-bond donors (Lipinski definition) is 2. The molecule has 1 aliphatic carbocycles. The first kappa shape index (κ1) is 20.2. The SMILES string of the molecule is CCCCCCCCCCCCNC1=C(O)c2ccccc2C(=O)C1=O. The molecule has 0 bridgehead atoms. The van der Waals surface area contributed by atoms with Gasteiger partial charge in [0.15, 0.2) is 5.76 Å². The standard InChI is InChI=1S/C22H31NO3/c1-2-3-4-5-6-7-8-9-10-13-16-23-19-20(24)17-14-11-12-15-18(17)21(25)22(19)26/h11-12,14-15,23-24H,2-10,13,16H2,1H3. The van der Waals surface area contributed by atoms with Gasteiger partial charge in [0.05, 0.1) is 0 Å². The maximum atomic E-state index is 12.2. The molecule has 1 aromatic rings. The average molecular weight is 357 g/mol. The summed E-state index contributed by atoms with van der Waals surface area (Å²) in [5.74, 6) is -1.31. The summed E-state index contributed by atoms with van der Waals surface area (Å²) in [7, 11) is 0. The predicted molar refractivity (Wildman–Crippen MR) is 105 cm³/mol. The highest BCUT2D eigenvalue weighted by Gasteiger charge is 2.32. The molecule has 0 saturated heterocycles. The normalized spacial score (nSPS) is 13.9. The Balaban J connectivity index is 1.68. The minimum absolute atomic E-state index is 0.0459. The fraction of sp³-hybridized carbons (Fsp3) is 0.545. The van der Waals surface area contributed by atoms with Crippen LogP contribution in [-0.4, -0.2) is 23.2 Å². The number of carbonyl (C=O) groups is 2. The number of fused-ring (bicyclic) bond motifs is 1. The molecule has 0 aliphatic heterocycles. The lowest BCUT2D eigenvalue weighted by atomic mass is 9.91. The Kier molecular flexibility index (Phi) is 8.39. The summed E-state index contributed by atoms with van der Waals surface area (Å²) in [6.07, 6.45) is 12.4. The summed E-state index contributed by atoms with van der Waals surface area (Å²) in [6.45, 7) is 2.83. The molecule has 0 unspecified atom stereocenters. The van der Waals surface area contributed by atoms with Gasteiger partial charge in [0.25, 0.3) is 5.78 Å². The maximum Gasteiger partial charge on any atom is 0.253 e. The molecule has 2 N–H and O–H groups in total. The molecule has 2 rings (SSSR count). The van der Waals surface area contributed by atoms with Crippen LogP contribution in [0, 0.1) is 0 Å². The first-order valence-electron chi connectivity index (χ1n) is 10.0. The van der Waals surface area contributed by atoms with Crippen molar-refractivity contribution in [2.75, 3.05) is 6.54 Å². The van der Waals surface area contributed by atoms with Crippen LogP contribution in [-0.2, 0) is 4.79 Å². The van der Waals surface area contributed by atoms with E-state index in [0.717, 1.165) is 12.8 Å². The Morgan fingerprint density at radius 1 is 0.769 bits per heavy atom. The number of hydrogen-bond acceptors (Lipinski definition) is 4. The van der Waals surface area contributed by atoms with E-state index in [0.29, 0.717) is 12.1 Å². The van der Waals surface area contributed by atoms with Gasteiger partial charge in [-0.1, -0.05) is 89.0 Å². The van der Waals surface area contributed by atoms with Crippen molar-refractivity contribution < 1.29 is 14.7 Å². The van der Waals surface area contributed by atoms with Crippen molar-refractivity contribution in [2.45, 2.75) is 71.1 Å². The second kappa shape index (κ2) is 10.8. The maximum absolute atomic E-state index is 12.2. The third kappa shape index (κ3) is 5.45. The lowest BCUT2D eigenvalue weighted by Gasteiger charge is -2.18. The third-order valence-corrected chi connectivity index (χ3v) is 4.93. The summed E-state index contributed by atoms with van der Waals surface area (Å²) in [5.41, 5.74) is 0.756. The Bertz CT molecular complexity index is 649. The molecule has 0 heterocycles. The average Bonchev–Trinajstić information content (AvgIpc) is 2.66. The molecule has 0 aromatic heterocycles. The smallest absolute Gasteiger partial charge is 0.253 e. The molecule has 0 saturated carbocycles. The molecule has 0 radical (unpaired) electrons. The van der Waals surface area contributed by atoms with Crippen LogP contribution in [0.3, 0.4) is 0 Å². The second-order valence-electron chi connectivity index (χ2n) is 7.04. The van der Waals surface area contributed by atoms with Crippen molar-refractivity contribution in [3.63, 3.8) is 0 Å². The number of ketones is 2. The number of unbranched alkanes of at least 4 members (excludes halogenated alkanes) is 9. The van der Waals surface area contributed by atoms with Gasteiger partial charge >= 0.3 is 0 Å². The van der Waals surface area contributed by atoms with Crippen LogP contribution in [0.15, 0.2) is 30.0 Å². The summed E-state index contributed by atoms with van der Waals surface area (Å²) in [4.78, 5) is 24.3. The zero-order chi connectivity index (χ0) is 18.8. The first-order chi connectivity index (χ1) is 12.7. The van der Waals surface area contributed by atoms with Crippen molar-refractivity contribution in [3.8, 4) is 0 Å². The molecule has 1 aliphatic rings. The molecular formula is C22H31NO3. The molecule has 4 nitrogen and oxygen atoms in total. The molecule has 142 valence electrons. The van der Waals surface area contributed by atoms with Crippen LogP contribution in [0.4, 0.5) is 0 Å². The Labute approximate surface area is 156 Å². The summed E-state index contributed by atoms with van der Waals surface area (Å²) < 4.78 is 0. The highest BCUT2D eigenvalue weighted by atomic mass is 16.3. The molecule has 0 amide bonds. The van der Waals surface area contributed by atoms with Gasteiger partial charge in [-0.2, -0.15) is 0 Å². The topological polar surface area (TPSA) is 66.4 Å². The molecule has 4 heteroatoms. The zero-order valence-electron chi connectivity index (χ0n) is 15.9.